The summed E-state index contributed by atoms with van der Waals surface area (Å²) in [4.78, 5) is 17.5. The Bertz CT molecular complexity index is 585. The Kier molecular flexibility index (Phi) is 4.42. The fourth-order valence-corrected chi connectivity index (χ4v) is 2.31. The maximum absolute atomic E-state index is 4.56. The number of halogens is 1. The van der Waals surface area contributed by atoms with E-state index in [-0.39, 0.29) is 0 Å². The monoisotopic (exact) mass is 321 g/mol. The van der Waals surface area contributed by atoms with Crippen molar-refractivity contribution in [3.63, 3.8) is 0 Å². The van der Waals surface area contributed by atoms with Gasteiger partial charge in [-0.25, -0.2) is 19.9 Å². The first-order valence-electron chi connectivity index (χ1n) is 6.26. The number of hydrogen-bond donors (Lipinski definition) is 1. The van der Waals surface area contributed by atoms with E-state index in [0.29, 0.717) is 11.6 Å². The van der Waals surface area contributed by atoms with Gasteiger partial charge in [0.05, 0.1) is 10.2 Å². The largest absolute Gasteiger partial charge is 0.369 e. The molecule has 1 N–H and O–H groups in total. The van der Waals surface area contributed by atoms with Crippen LogP contribution in [0.25, 0.3) is 11.5 Å². The Labute approximate surface area is 121 Å². The summed E-state index contributed by atoms with van der Waals surface area (Å²) in [5, 5.41) is 3.23. The molecule has 2 heterocycles. The Morgan fingerprint density at radius 2 is 2.00 bits per heavy atom. The zero-order valence-electron chi connectivity index (χ0n) is 11.2. The molecule has 0 radical (unpaired) electrons. The molecule has 0 aliphatic carbocycles. The van der Waals surface area contributed by atoms with Crippen LogP contribution >= 0.6 is 15.9 Å². The van der Waals surface area contributed by atoms with Gasteiger partial charge in [0.2, 0.25) is 0 Å². The molecule has 0 saturated carbocycles. The summed E-state index contributed by atoms with van der Waals surface area (Å²) in [6.07, 6.45) is 2.56. The van der Waals surface area contributed by atoms with Crippen molar-refractivity contribution in [2.24, 2.45) is 0 Å². The summed E-state index contributed by atoms with van der Waals surface area (Å²) in [6.45, 7) is 6.77. The second kappa shape index (κ2) is 6.06. The van der Waals surface area contributed by atoms with E-state index in [2.05, 4.69) is 48.1 Å². The van der Waals surface area contributed by atoms with Gasteiger partial charge in [-0.3, -0.25) is 0 Å². The van der Waals surface area contributed by atoms with E-state index in [1.54, 1.807) is 6.20 Å². The first kappa shape index (κ1) is 13.9. The van der Waals surface area contributed by atoms with Gasteiger partial charge in [-0.05, 0) is 42.3 Å². The van der Waals surface area contributed by atoms with Gasteiger partial charge < -0.3 is 5.32 Å². The molecule has 0 aromatic carbocycles. The maximum atomic E-state index is 4.56. The molecule has 0 aliphatic heterocycles. The number of rotatable bonds is 4. The molecule has 0 atom stereocenters. The molecule has 0 bridgehead atoms. The third kappa shape index (κ3) is 3.07. The van der Waals surface area contributed by atoms with Crippen molar-refractivity contribution >= 4 is 21.7 Å². The van der Waals surface area contributed by atoms with Crippen molar-refractivity contribution in [1.29, 1.82) is 0 Å². The van der Waals surface area contributed by atoms with E-state index in [0.717, 1.165) is 34.6 Å². The third-order valence-electron chi connectivity index (χ3n) is 2.60. The second-order valence-electron chi connectivity index (χ2n) is 4.03. The standard InChI is InChI=1S/C13H16BrN5/c1-4-9-11(14)13(15-5-2)19-12(18-9)10-6-7-16-8(3)17-10/h6-7H,4-5H2,1-3H3,(H,15,18,19). The predicted octanol–water partition coefficient (Wildman–Crippen LogP) is 3.00. The zero-order valence-corrected chi connectivity index (χ0v) is 12.8. The van der Waals surface area contributed by atoms with Crippen LogP contribution in [0, 0.1) is 6.92 Å². The summed E-state index contributed by atoms with van der Waals surface area (Å²) < 4.78 is 0.923. The molecule has 6 heteroatoms. The highest BCUT2D eigenvalue weighted by Crippen LogP contribution is 2.26. The molecular weight excluding hydrogens is 306 g/mol. The SMILES string of the molecule is CCNc1nc(-c2ccnc(C)n2)nc(CC)c1Br. The van der Waals surface area contributed by atoms with E-state index in [1.165, 1.54) is 0 Å². The Balaban J connectivity index is 2.54. The zero-order chi connectivity index (χ0) is 13.8. The van der Waals surface area contributed by atoms with Crippen LogP contribution in [0.5, 0.6) is 0 Å². The quantitative estimate of drug-likeness (QED) is 0.937. The third-order valence-corrected chi connectivity index (χ3v) is 3.44. The summed E-state index contributed by atoms with van der Waals surface area (Å²) in [5.41, 5.74) is 1.71. The molecule has 2 rings (SSSR count). The molecule has 0 spiro atoms. The summed E-state index contributed by atoms with van der Waals surface area (Å²) >= 11 is 3.54. The van der Waals surface area contributed by atoms with Crippen LogP contribution in [0.15, 0.2) is 16.7 Å². The van der Waals surface area contributed by atoms with Crippen LogP contribution in [0.1, 0.15) is 25.4 Å². The summed E-state index contributed by atoms with van der Waals surface area (Å²) in [7, 11) is 0. The Morgan fingerprint density at radius 3 is 2.63 bits per heavy atom. The lowest BCUT2D eigenvalue weighted by molar-refractivity contribution is 0.966. The fraction of sp³-hybridized carbons (Fsp3) is 0.385. The van der Waals surface area contributed by atoms with Gasteiger partial charge in [-0.1, -0.05) is 6.92 Å². The van der Waals surface area contributed by atoms with Crippen LogP contribution in [-0.4, -0.2) is 26.5 Å². The van der Waals surface area contributed by atoms with Crippen LogP contribution in [-0.2, 0) is 6.42 Å². The van der Waals surface area contributed by atoms with Crippen molar-refractivity contribution in [3.8, 4) is 11.5 Å². The molecule has 0 amide bonds. The van der Waals surface area contributed by atoms with Gasteiger partial charge in [0.25, 0.3) is 0 Å². The molecule has 0 saturated heterocycles. The second-order valence-corrected chi connectivity index (χ2v) is 4.82. The highest BCUT2D eigenvalue weighted by atomic mass is 79.9. The van der Waals surface area contributed by atoms with Crippen molar-refractivity contribution in [2.45, 2.75) is 27.2 Å². The molecule has 0 fully saturated rings. The minimum atomic E-state index is 0.626. The first-order chi connectivity index (χ1) is 9.15. The number of hydrogen-bond acceptors (Lipinski definition) is 5. The van der Waals surface area contributed by atoms with Crippen molar-refractivity contribution in [3.05, 3.63) is 28.3 Å². The summed E-state index contributed by atoms with van der Waals surface area (Å²) in [6, 6.07) is 1.82. The normalized spacial score (nSPS) is 10.5. The highest BCUT2D eigenvalue weighted by molar-refractivity contribution is 9.10. The molecule has 2 aromatic rings. The van der Waals surface area contributed by atoms with Crippen molar-refractivity contribution < 1.29 is 0 Å². The number of aromatic nitrogens is 4. The Hall–Kier alpha value is -1.56. The van der Waals surface area contributed by atoms with Crippen LogP contribution in [0.2, 0.25) is 0 Å². The lowest BCUT2D eigenvalue weighted by Crippen LogP contribution is -2.06. The topological polar surface area (TPSA) is 63.6 Å². The molecule has 0 unspecified atom stereocenters. The van der Waals surface area contributed by atoms with Crippen molar-refractivity contribution in [1.82, 2.24) is 19.9 Å². The molecule has 0 aliphatic rings. The Morgan fingerprint density at radius 1 is 1.21 bits per heavy atom. The maximum Gasteiger partial charge on any atom is 0.180 e. The van der Waals surface area contributed by atoms with Gasteiger partial charge in [0, 0.05) is 12.7 Å². The molecular formula is C13H16BrN5. The average Bonchev–Trinajstić information content (AvgIpc) is 2.41. The summed E-state index contributed by atoms with van der Waals surface area (Å²) in [5.74, 6) is 2.15. The highest BCUT2D eigenvalue weighted by Gasteiger charge is 2.12. The minimum absolute atomic E-state index is 0.626. The lowest BCUT2D eigenvalue weighted by atomic mass is 10.3. The van der Waals surface area contributed by atoms with E-state index in [4.69, 9.17) is 0 Å². The first-order valence-corrected chi connectivity index (χ1v) is 7.05. The molecule has 5 nitrogen and oxygen atoms in total. The number of nitrogens with zero attached hydrogens (tertiary/aromatic N) is 4. The minimum Gasteiger partial charge on any atom is -0.369 e. The predicted molar refractivity (Wildman–Crippen MR) is 79.0 cm³/mol. The lowest BCUT2D eigenvalue weighted by Gasteiger charge is -2.11. The van der Waals surface area contributed by atoms with Gasteiger partial charge in [-0.15, -0.1) is 0 Å². The van der Waals surface area contributed by atoms with E-state index >= 15 is 0 Å². The average molecular weight is 322 g/mol. The molecule has 19 heavy (non-hydrogen) atoms. The molecule has 2 aromatic heterocycles. The van der Waals surface area contributed by atoms with Crippen LogP contribution < -0.4 is 5.32 Å². The van der Waals surface area contributed by atoms with Gasteiger partial charge in [0.15, 0.2) is 5.82 Å². The number of aryl methyl sites for hydroxylation is 2. The van der Waals surface area contributed by atoms with E-state index < -0.39 is 0 Å². The van der Waals surface area contributed by atoms with Gasteiger partial charge in [0.1, 0.15) is 17.3 Å². The smallest absolute Gasteiger partial charge is 0.180 e. The van der Waals surface area contributed by atoms with Crippen LogP contribution in [0.4, 0.5) is 5.82 Å². The van der Waals surface area contributed by atoms with E-state index in [1.807, 2.05) is 19.9 Å². The number of anilines is 1. The molecule has 100 valence electrons. The van der Waals surface area contributed by atoms with Crippen LogP contribution in [0.3, 0.4) is 0 Å². The van der Waals surface area contributed by atoms with Crippen molar-refractivity contribution in [2.75, 3.05) is 11.9 Å². The van der Waals surface area contributed by atoms with Gasteiger partial charge >= 0.3 is 0 Å². The number of nitrogens with one attached hydrogen (secondary N) is 1. The van der Waals surface area contributed by atoms with E-state index in [9.17, 15) is 0 Å². The van der Waals surface area contributed by atoms with Gasteiger partial charge in [-0.2, -0.15) is 0 Å². The fourth-order valence-electron chi connectivity index (χ4n) is 1.71.